The highest BCUT2D eigenvalue weighted by Crippen LogP contribution is 2.41. The zero-order valence-electron chi connectivity index (χ0n) is 14.7. The largest absolute Gasteiger partial charge is 0.482 e. The molecule has 4 rings (SSSR count). The smallest absolute Gasteiger partial charge is 0.262 e. The maximum Gasteiger partial charge on any atom is 0.262 e. The molecule has 6 heteroatoms. The van der Waals surface area contributed by atoms with Gasteiger partial charge in [-0.15, -0.1) is 0 Å². The Labute approximate surface area is 148 Å². The molecule has 0 saturated carbocycles. The number of carbonyl (C=O) groups is 2. The summed E-state index contributed by atoms with van der Waals surface area (Å²) < 4.78 is 5.36. The van der Waals surface area contributed by atoms with Gasteiger partial charge in [-0.05, 0) is 69.4 Å². The minimum Gasteiger partial charge on any atom is -0.482 e. The highest BCUT2D eigenvalue weighted by molar-refractivity contribution is 5.99. The molecule has 6 nitrogen and oxygen atoms in total. The number of rotatable bonds is 1. The number of nitrogens with one attached hydrogen (secondary N) is 1. The molecule has 1 aromatic carbocycles. The molecule has 0 bridgehead atoms. The average Bonchev–Trinajstić information content (AvgIpc) is 2.64. The van der Waals surface area contributed by atoms with Crippen LogP contribution in [0.1, 0.15) is 36.0 Å². The summed E-state index contributed by atoms with van der Waals surface area (Å²) in [7, 11) is 2.18. The highest BCUT2D eigenvalue weighted by atomic mass is 16.5. The number of ether oxygens (including phenoxy) is 1. The molecule has 1 spiro atoms. The van der Waals surface area contributed by atoms with Crippen LogP contribution in [0.5, 0.6) is 5.75 Å². The summed E-state index contributed by atoms with van der Waals surface area (Å²) in [5, 5.41) is 2.77. The predicted molar refractivity (Wildman–Crippen MR) is 94.9 cm³/mol. The Balaban J connectivity index is 1.42. The maximum atomic E-state index is 12.9. The van der Waals surface area contributed by atoms with Crippen molar-refractivity contribution in [2.45, 2.75) is 25.7 Å². The summed E-state index contributed by atoms with van der Waals surface area (Å²) in [4.78, 5) is 28.7. The lowest BCUT2D eigenvalue weighted by molar-refractivity contribution is -0.118. The third-order valence-electron chi connectivity index (χ3n) is 6.02. The Morgan fingerprint density at radius 3 is 2.52 bits per heavy atom. The average molecular weight is 343 g/mol. The number of amides is 2. The number of hydrogen-bond donors (Lipinski definition) is 1. The van der Waals surface area contributed by atoms with Crippen molar-refractivity contribution in [2.75, 3.05) is 45.2 Å². The van der Waals surface area contributed by atoms with Crippen molar-refractivity contribution in [3.8, 4) is 5.75 Å². The van der Waals surface area contributed by atoms with Gasteiger partial charge in [-0.3, -0.25) is 9.59 Å². The molecule has 1 aromatic rings. The molecule has 0 unspecified atom stereocenters. The van der Waals surface area contributed by atoms with Gasteiger partial charge in [0.1, 0.15) is 5.75 Å². The van der Waals surface area contributed by atoms with Gasteiger partial charge in [0.05, 0.1) is 5.69 Å². The van der Waals surface area contributed by atoms with Crippen LogP contribution in [-0.4, -0.2) is 61.4 Å². The summed E-state index contributed by atoms with van der Waals surface area (Å²) in [6.07, 6.45) is 4.68. The SMILES string of the molecule is CN1CCC2(CC1)CCN(C(=O)c1ccc3c(c1)NC(=O)CO3)CC2. The van der Waals surface area contributed by atoms with E-state index >= 15 is 0 Å². The first-order chi connectivity index (χ1) is 12.0. The van der Waals surface area contributed by atoms with Crippen molar-refractivity contribution >= 4 is 17.5 Å². The van der Waals surface area contributed by atoms with Crippen molar-refractivity contribution < 1.29 is 14.3 Å². The first kappa shape index (κ1) is 16.4. The number of piperidine rings is 2. The summed E-state index contributed by atoms with van der Waals surface area (Å²) in [5.74, 6) is 0.491. The minimum absolute atomic E-state index is 0.0314. The van der Waals surface area contributed by atoms with Gasteiger partial charge in [-0.25, -0.2) is 0 Å². The number of carbonyl (C=O) groups excluding carboxylic acids is 2. The number of hydrogen-bond acceptors (Lipinski definition) is 4. The van der Waals surface area contributed by atoms with Gasteiger partial charge in [0.15, 0.2) is 6.61 Å². The van der Waals surface area contributed by atoms with Crippen molar-refractivity contribution in [3.05, 3.63) is 23.8 Å². The Hall–Kier alpha value is -2.08. The third-order valence-corrected chi connectivity index (χ3v) is 6.02. The first-order valence-corrected chi connectivity index (χ1v) is 9.09. The van der Waals surface area contributed by atoms with E-state index in [0.29, 0.717) is 22.4 Å². The van der Waals surface area contributed by atoms with E-state index in [0.717, 1.165) is 25.9 Å². The molecule has 3 aliphatic heterocycles. The van der Waals surface area contributed by atoms with E-state index in [2.05, 4.69) is 17.3 Å². The van der Waals surface area contributed by atoms with Crippen LogP contribution in [0.2, 0.25) is 0 Å². The molecule has 134 valence electrons. The number of fused-ring (bicyclic) bond motifs is 1. The van der Waals surface area contributed by atoms with Gasteiger partial charge in [-0.1, -0.05) is 0 Å². The van der Waals surface area contributed by atoms with Gasteiger partial charge in [0.25, 0.3) is 11.8 Å². The zero-order chi connectivity index (χ0) is 17.4. The quantitative estimate of drug-likeness (QED) is 0.847. The molecule has 2 fully saturated rings. The summed E-state index contributed by atoms with van der Waals surface area (Å²) in [6, 6.07) is 5.29. The van der Waals surface area contributed by atoms with Crippen molar-refractivity contribution in [3.63, 3.8) is 0 Å². The van der Waals surface area contributed by atoms with E-state index in [1.54, 1.807) is 18.2 Å². The fourth-order valence-electron chi connectivity index (χ4n) is 4.18. The summed E-state index contributed by atoms with van der Waals surface area (Å²) in [5.41, 5.74) is 1.64. The van der Waals surface area contributed by atoms with Crippen LogP contribution in [0.15, 0.2) is 18.2 Å². The molecule has 1 N–H and O–H groups in total. The van der Waals surface area contributed by atoms with Crippen LogP contribution < -0.4 is 10.1 Å². The number of nitrogens with zero attached hydrogens (tertiary/aromatic N) is 2. The number of anilines is 1. The van der Waals surface area contributed by atoms with E-state index in [4.69, 9.17) is 4.74 Å². The monoisotopic (exact) mass is 343 g/mol. The lowest BCUT2D eigenvalue weighted by Crippen LogP contribution is -2.47. The van der Waals surface area contributed by atoms with Crippen LogP contribution in [0, 0.1) is 5.41 Å². The van der Waals surface area contributed by atoms with E-state index in [9.17, 15) is 9.59 Å². The lowest BCUT2D eigenvalue weighted by Gasteiger charge is -2.46. The van der Waals surface area contributed by atoms with Gasteiger partial charge >= 0.3 is 0 Å². The predicted octanol–water partition coefficient (Wildman–Crippen LogP) is 1.97. The fourth-order valence-corrected chi connectivity index (χ4v) is 4.18. The molecule has 3 aliphatic rings. The molecular formula is C19H25N3O3. The second-order valence-corrected chi connectivity index (χ2v) is 7.64. The molecule has 0 aliphatic carbocycles. The Bertz CT molecular complexity index is 685. The van der Waals surface area contributed by atoms with E-state index in [-0.39, 0.29) is 18.4 Å². The molecule has 0 radical (unpaired) electrons. The van der Waals surface area contributed by atoms with Crippen molar-refractivity contribution in [2.24, 2.45) is 5.41 Å². The first-order valence-electron chi connectivity index (χ1n) is 9.09. The van der Waals surface area contributed by atoms with E-state index < -0.39 is 0 Å². The van der Waals surface area contributed by atoms with Crippen LogP contribution in [0.4, 0.5) is 5.69 Å². The minimum atomic E-state index is -0.181. The van der Waals surface area contributed by atoms with Crippen LogP contribution in [0.25, 0.3) is 0 Å². The molecule has 3 heterocycles. The van der Waals surface area contributed by atoms with Crippen LogP contribution >= 0.6 is 0 Å². The molecule has 0 atom stereocenters. The number of likely N-dealkylation sites (tertiary alicyclic amines) is 2. The second kappa shape index (κ2) is 6.33. The molecular weight excluding hydrogens is 318 g/mol. The van der Waals surface area contributed by atoms with Gasteiger partial charge < -0.3 is 19.9 Å². The van der Waals surface area contributed by atoms with Crippen molar-refractivity contribution in [1.29, 1.82) is 0 Å². The Morgan fingerprint density at radius 1 is 1.12 bits per heavy atom. The highest BCUT2D eigenvalue weighted by Gasteiger charge is 2.38. The van der Waals surface area contributed by atoms with E-state index in [1.807, 2.05) is 4.90 Å². The summed E-state index contributed by atoms with van der Waals surface area (Å²) in [6.45, 7) is 4.01. The standard InChI is InChI=1S/C19H25N3O3/c1-21-8-4-19(5-9-21)6-10-22(11-7-19)18(24)14-2-3-16-15(12-14)20-17(23)13-25-16/h2-3,12H,4-11,13H2,1H3,(H,20,23). The van der Waals surface area contributed by atoms with E-state index in [1.165, 1.54) is 25.9 Å². The zero-order valence-corrected chi connectivity index (χ0v) is 14.7. The second-order valence-electron chi connectivity index (χ2n) is 7.64. The number of benzene rings is 1. The fraction of sp³-hybridized carbons (Fsp3) is 0.579. The Morgan fingerprint density at radius 2 is 1.80 bits per heavy atom. The van der Waals surface area contributed by atoms with Gasteiger partial charge in [-0.2, -0.15) is 0 Å². The normalized spacial score (nSPS) is 22.9. The Kier molecular flexibility index (Phi) is 4.15. The maximum absolute atomic E-state index is 12.9. The van der Waals surface area contributed by atoms with Gasteiger partial charge in [0.2, 0.25) is 0 Å². The summed E-state index contributed by atoms with van der Waals surface area (Å²) >= 11 is 0. The van der Waals surface area contributed by atoms with Crippen LogP contribution in [-0.2, 0) is 4.79 Å². The lowest BCUT2D eigenvalue weighted by atomic mass is 9.71. The van der Waals surface area contributed by atoms with Crippen molar-refractivity contribution in [1.82, 2.24) is 9.80 Å². The molecule has 2 saturated heterocycles. The topological polar surface area (TPSA) is 61.9 Å². The molecule has 25 heavy (non-hydrogen) atoms. The third kappa shape index (κ3) is 3.23. The molecule has 2 amide bonds. The van der Waals surface area contributed by atoms with Crippen LogP contribution in [0.3, 0.4) is 0 Å². The molecule has 0 aromatic heterocycles. The van der Waals surface area contributed by atoms with Gasteiger partial charge in [0, 0.05) is 18.7 Å².